The van der Waals surface area contributed by atoms with Crippen LogP contribution in [0.25, 0.3) is 0 Å². The maximum absolute atomic E-state index is 11.8. The molecule has 0 aromatic heterocycles. The van der Waals surface area contributed by atoms with Crippen molar-refractivity contribution in [2.75, 3.05) is 6.54 Å². The molecule has 17 heavy (non-hydrogen) atoms. The van der Waals surface area contributed by atoms with Gasteiger partial charge < -0.3 is 5.32 Å². The van der Waals surface area contributed by atoms with Crippen LogP contribution < -0.4 is 5.32 Å². The Balaban J connectivity index is 2.37. The first-order chi connectivity index (χ1) is 8.27. The van der Waals surface area contributed by atoms with E-state index in [0.717, 1.165) is 29.6 Å². The van der Waals surface area contributed by atoms with Gasteiger partial charge in [-0.25, -0.2) is 4.79 Å². The van der Waals surface area contributed by atoms with Gasteiger partial charge in [-0.1, -0.05) is 43.7 Å². The Morgan fingerprint density at radius 3 is 2.71 bits per heavy atom. The second kappa shape index (κ2) is 8.25. The van der Waals surface area contributed by atoms with Crippen LogP contribution in [0.4, 0.5) is 4.79 Å². The summed E-state index contributed by atoms with van der Waals surface area (Å²) in [5.74, 6) is 0. The molecule has 0 fully saturated rings. The summed E-state index contributed by atoms with van der Waals surface area (Å²) in [5, 5.41) is 2.84. The van der Waals surface area contributed by atoms with Gasteiger partial charge in [0.2, 0.25) is 0 Å². The van der Waals surface area contributed by atoms with Crippen molar-refractivity contribution in [2.24, 2.45) is 0 Å². The van der Waals surface area contributed by atoms with Crippen molar-refractivity contribution in [3.05, 3.63) is 35.9 Å². The van der Waals surface area contributed by atoms with Crippen LogP contribution in [-0.4, -0.2) is 16.9 Å². The fourth-order valence-corrected chi connectivity index (χ4v) is 2.05. The third kappa shape index (κ3) is 5.33. The summed E-state index contributed by atoms with van der Waals surface area (Å²) in [6.07, 6.45) is 2.00. The first-order valence-corrected chi connectivity index (χ1v) is 7.26. The van der Waals surface area contributed by atoms with Crippen molar-refractivity contribution in [3.63, 3.8) is 0 Å². The third-order valence-electron chi connectivity index (χ3n) is 2.31. The number of hydrogen-bond donors (Lipinski definition) is 1. The molecule has 3 nitrogen and oxygen atoms in total. The molecule has 1 aromatic carbocycles. The highest BCUT2D eigenvalue weighted by Gasteiger charge is 2.12. The standard InChI is InChI=1S/C12H17ClN2OS/c1-2-3-9-15(17-13)12(16)14-10-11-7-5-4-6-8-11/h4-8H,2-3,9-10H2,1H3,(H,14,16). The number of rotatable bonds is 6. The van der Waals surface area contributed by atoms with Crippen LogP contribution >= 0.6 is 21.8 Å². The second-order valence-corrected chi connectivity index (χ2v) is 4.66. The molecule has 1 rings (SSSR count). The van der Waals surface area contributed by atoms with E-state index in [9.17, 15) is 4.79 Å². The summed E-state index contributed by atoms with van der Waals surface area (Å²) in [4.78, 5) is 11.8. The van der Waals surface area contributed by atoms with Crippen LogP contribution in [0.5, 0.6) is 0 Å². The fourth-order valence-electron chi connectivity index (χ4n) is 1.33. The zero-order valence-corrected chi connectivity index (χ0v) is 11.4. The molecule has 0 aliphatic carbocycles. The van der Waals surface area contributed by atoms with Crippen molar-refractivity contribution in [1.82, 2.24) is 9.62 Å². The fraction of sp³-hybridized carbons (Fsp3) is 0.417. The van der Waals surface area contributed by atoms with Crippen molar-refractivity contribution >= 4 is 27.9 Å². The minimum Gasteiger partial charge on any atom is -0.333 e. The predicted molar refractivity (Wildman–Crippen MR) is 73.7 cm³/mol. The predicted octanol–water partition coefficient (Wildman–Crippen LogP) is 3.80. The monoisotopic (exact) mass is 272 g/mol. The quantitative estimate of drug-likeness (QED) is 0.799. The lowest BCUT2D eigenvalue weighted by Crippen LogP contribution is -2.35. The van der Waals surface area contributed by atoms with E-state index in [1.807, 2.05) is 30.3 Å². The van der Waals surface area contributed by atoms with E-state index in [4.69, 9.17) is 10.7 Å². The Bertz CT molecular complexity index is 335. The smallest absolute Gasteiger partial charge is 0.328 e. The highest BCUT2D eigenvalue weighted by atomic mass is 35.7. The Labute approximate surface area is 111 Å². The van der Waals surface area contributed by atoms with Crippen molar-refractivity contribution in [1.29, 1.82) is 0 Å². The molecule has 0 saturated carbocycles. The van der Waals surface area contributed by atoms with Crippen molar-refractivity contribution < 1.29 is 4.79 Å². The van der Waals surface area contributed by atoms with Gasteiger partial charge in [0.15, 0.2) is 0 Å². The van der Waals surface area contributed by atoms with Gasteiger partial charge in [-0.15, -0.1) is 0 Å². The van der Waals surface area contributed by atoms with Crippen LogP contribution in [-0.2, 0) is 6.54 Å². The molecule has 5 heteroatoms. The van der Waals surface area contributed by atoms with E-state index in [-0.39, 0.29) is 6.03 Å². The van der Waals surface area contributed by atoms with Crippen LogP contribution in [0, 0.1) is 0 Å². The summed E-state index contributed by atoms with van der Waals surface area (Å²) in [5.41, 5.74) is 1.08. The minimum atomic E-state index is -0.137. The number of urea groups is 1. The highest BCUT2D eigenvalue weighted by Crippen LogP contribution is 2.15. The van der Waals surface area contributed by atoms with E-state index >= 15 is 0 Å². The number of carbonyl (C=O) groups is 1. The summed E-state index contributed by atoms with van der Waals surface area (Å²) in [6.45, 7) is 3.28. The Morgan fingerprint density at radius 1 is 1.41 bits per heavy atom. The van der Waals surface area contributed by atoms with Gasteiger partial charge in [0, 0.05) is 13.1 Å². The lowest BCUT2D eigenvalue weighted by Gasteiger charge is -2.18. The van der Waals surface area contributed by atoms with Gasteiger partial charge in [-0.3, -0.25) is 4.31 Å². The van der Waals surface area contributed by atoms with Gasteiger partial charge in [0.1, 0.15) is 0 Å². The molecular formula is C12H17ClN2OS. The van der Waals surface area contributed by atoms with Gasteiger partial charge >= 0.3 is 6.03 Å². The number of unbranched alkanes of at least 4 members (excludes halogenated alkanes) is 1. The van der Waals surface area contributed by atoms with Crippen LogP contribution in [0.3, 0.4) is 0 Å². The Hall–Kier alpha value is -0.870. The molecule has 0 bridgehead atoms. The van der Waals surface area contributed by atoms with E-state index in [2.05, 4.69) is 12.2 Å². The minimum absolute atomic E-state index is 0.137. The molecule has 0 saturated heterocycles. The molecule has 0 radical (unpaired) electrons. The third-order valence-corrected chi connectivity index (χ3v) is 3.33. The molecule has 94 valence electrons. The summed E-state index contributed by atoms with van der Waals surface area (Å²) in [7, 11) is 5.66. The van der Waals surface area contributed by atoms with Gasteiger partial charge in [0.25, 0.3) is 0 Å². The number of benzene rings is 1. The van der Waals surface area contributed by atoms with Gasteiger partial charge in [0.05, 0.1) is 11.2 Å². The Morgan fingerprint density at radius 2 is 2.12 bits per heavy atom. The number of hydrogen-bond acceptors (Lipinski definition) is 2. The molecule has 0 unspecified atom stereocenters. The largest absolute Gasteiger partial charge is 0.333 e. The molecule has 0 aliphatic rings. The SMILES string of the molecule is CCCCN(SCl)C(=O)NCc1ccccc1. The average Bonchev–Trinajstić information content (AvgIpc) is 2.38. The van der Waals surface area contributed by atoms with Crippen molar-refractivity contribution in [2.45, 2.75) is 26.3 Å². The van der Waals surface area contributed by atoms with E-state index in [1.165, 1.54) is 4.31 Å². The lowest BCUT2D eigenvalue weighted by molar-refractivity contribution is 0.225. The second-order valence-electron chi connectivity index (χ2n) is 3.67. The number of nitrogens with zero attached hydrogens (tertiary/aromatic N) is 1. The van der Waals surface area contributed by atoms with E-state index in [0.29, 0.717) is 13.1 Å². The van der Waals surface area contributed by atoms with Crippen LogP contribution in [0.2, 0.25) is 0 Å². The highest BCUT2D eigenvalue weighted by molar-refractivity contribution is 8.19. The molecular weight excluding hydrogens is 256 g/mol. The first kappa shape index (κ1) is 14.2. The zero-order valence-electron chi connectivity index (χ0n) is 9.86. The summed E-state index contributed by atoms with van der Waals surface area (Å²) in [6, 6.07) is 9.67. The topological polar surface area (TPSA) is 32.3 Å². The maximum Gasteiger partial charge on any atom is 0.328 e. The van der Waals surface area contributed by atoms with Crippen LogP contribution in [0.1, 0.15) is 25.3 Å². The molecule has 0 heterocycles. The molecule has 0 atom stereocenters. The molecule has 0 aliphatic heterocycles. The summed E-state index contributed by atoms with van der Waals surface area (Å²) >= 11 is 0.947. The maximum atomic E-state index is 11.8. The summed E-state index contributed by atoms with van der Waals surface area (Å²) < 4.78 is 1.54. The lowest BCUT2D eigenvalue weighted by atomic mass is 10.2. The normalized spacial score (nSPS) is 10.0. The van der Waals surface area contributed by atoms with Gasteiger partial charge in [-0.2, -0.15) is 0 Å². The van der Waals surface area contributed by atoms with Gasteiger partial charge in [-0.05, 0) is 22.7 Å². The first-order valence-electron chi connectivity index (χ1n) is 5.66. The van der Waals surface area contributed by atoms with Crippen LogP contribution in [0.15, 0.2) is 30.3 Å². The molecule has 1 aromatic rings. The zero-order chi connectivity index (χ0) is 12.5. The van der Waals surface area contributed by atoms with Crippen molar-refractivity contribution in [3.8, 4) is 0 Å². The average molecular weight is 273 g/mol. The molecule has 2 amide bonds. The number of nitrogens with one attached hydrogen (secondary N) is 1. The number of carbonyl (C=O) groups excluding carboxylic acids is 1. The molecule has 0 spiro atoms. The van der Waals surface area contributed by atoms with E-state index < -0.39 is 0 Å². The molecule has 1 N–H and O–H groups in total. The Kier molecular flexibility index (Phi) is 6.89. The number of amides is 2. The van der Waals surface area contributed by atoms with E-state index in [1.54, 1.807) is 0 Å². The number of halogens is 1.